The summed E-state index contributed by atoms with van der Waals surface area (Å²) in [7, 11) is 0. The number of nitrogen functional groups attached to an aromatic ring is 1. The molecule has 0 spiro atoms. The van der Waals surface area contributed by atoms with Crippen molar-refractivity contribution in [2.75, 3.05) is 12.3 Å². The maximum absolute atomic E-state index is 10.4. The fraction of sp³-hybridized carbons (Fsp3) is 0.231. The van der Waals surface area contributed by atoms with E-state index in [4.69, 9.17) is 15.3 Å². The molecule has 4 N–H and O–H groups in total. The van der Waals surface area contributed by atoms with E-state index < -0.39 is 6.09 Å². The monoisotopic (exact) mass is 261 g/mol. The maximum atomic E-state index is 10.4. The minimum atomic E-state index is -1.01. The highest BCUT2D eigenvalue weighted by Gasteiger charge is 2.09. The standard InChI is InChI=1S/C13H15N3O3/c14-10-4-3-9(2-1-5-16-13(17)18)11(6-10)12-7-15-8-19-12/h3-4,6-8,16H,1-2,5,14H2,(H,17,18). The van der Waals surface area contributed by atoms with E-state index in [1.54, 1.807) is 6.20 Å². The molecule has 2 rings (SSSR count). The van der Waals surface area contributed by atoms with Crippen molar-refractivity contribution in [3.8, 4) is 11.3 Å². The molecule has 1 aromatic heterocycles. The lowest BCUT2D eigenvalue weighted by atomic mass is 10.0. The van der Waals surface area contributed by atoms with Crippen LogP contribution < -0.4 is 11.1 Å². The maximum Gasteiger partial charge on any atom is 0.404 e. The number of hydrogen-bond donors (Lipinski definition) is 3. The number of anilines is 1. The molecule has 19 heavy (non-hydrogen) atoms. The van der Waals surface area contributed by atoms with E-state index in [2.05, 4.69) is 10.3 Å². The zero-order valence-corrected chi connectivity index (χ0v) is 10.3. The number of amides is 1. The summed E-state index contributed by atoms with van der Waals surface area (Å²) in [5.74, 6) is 0.661. The highest BCUT2D eigenvalue weighted by atomic mass is 16.4. The van der Waals surface area contributed by atoms with Crippen LogP contribution in [0.15, 0.2) is 35.2 Å². The number of rotatable bonds is 5. The molecule has 0 fully saturated rings. The van der Waals surface area contributed by atoms with Gasteiger partial charge in [0.2, 0.25) is 0 Å². The van der Waals surface area contributed by atoms with Crippen LogP contribution in [0.4, 0.5) is 10.5 Å². The Morgan fingerprint density at radius 2 is 2.32 bits per heavy atom. The van der Waals surface area contributed by atoms with Crippen molar-refractivity contribution in [2.45, 2.75) is 12.8 Å². The zero-order valence-electron chi connectivity index (χ0n) is 10.3. The quantitative estimate of drug-likeness (QED) is 0.565. The van der Waals surface area contributed by atoms with Gasteiger partial charge in [-0.2, -0.15) is 0 Å². The van der Waals surface area contributed by atoms with E-state index in [0.717, 1.165) is 17.5 Å². The summed E-state index contributed by atoms with van der Waals surface area (Å²) in [5.41, 5.74) is 8.38. The van der Waals surface area contributed by atoms with Gasteiger partial charge in [0.05, 0.1) is 6.20 Å². The van der Waals surface area contributed by atoms with Crippen molar-refractivity contribution in [1.29, 1.82) is 0 Å². The molecule has 0 bridgehead atoms. The van der Waals surface area contributed by atoms with Crippen LogP contribution in [0.25, 0.3) is 11.3 Å². The van der Waals surface area contributed by atoms with Crippen LogP contribution in [0.3, 0.4) is 0 Å². The first kappa shape index (κ1) is 12.9. The van der Waals surface area contributed by atoms with Gasteiger partial charge >= 0.3 is 6.09 Å². The van der Waals surface area contributed by atoms with Crippen LogP contribution in [0, 0.1) is 0 Å². The van der Waals surface area contributed by atoms with Gasteiger partial charge in [-0.05, 0) is 30.5 Å². The molecule has 1 aromatic carbocycles. The molecule has 0 saturated heterocycles. The minimum absolute atomic E-state index is 0.412. The number of nitrogens with one attached hydrogen (secondary N) is 1. The Balaban J connectivity index is 2.09. The van der Waals surface area contributed by atoms with Crippen molar-refractivity contribution in [3.05, 3.63) is 36.4 Å². The molecule has 0 aliphatic carbocycles. The summed E-state index contributed by atoms with van der Waals surface area (Å²) in [5, 5.41) is 10.8. The van der Waals surface area contributed by atoms with Gasteiger partial charge in [0.15, 0.2) is 12.2 Å². The summed E-state index contributed by atoms with van der Waals surface area (Å²) in [6, 6.07) is 5.58. The number of oxazole rings is 1. The second kappa shape index (κ2) is 5.90. The summed E-state index contributed by atoms with van der Waals surface area (Å²) in [4.78, 5) is 14.2. The Morgan fingerprint density at radius 1 is 1.47 bits per heavy atom. The predicted molar refractivity (Wildman–Crippen MR) is 70.7 cm³/mol. The number of carboxylic acid groups (broad SMARTS) is 1. The first-order valence-electron chi connectivity index (χ1n) is 5.91. The first-order chi connectivity index (χ1) is 9.16. The number of hydrogen-bond acceptors (Lipinski definition) is 4. The largest absolute Gasteiger partial charge is 0.465 e. The Bertz CT molecular complexity index is 552. The third-order valence-corrected chi connectivity index (χ3v) is 2.73. The van der Waals surface area contributed by atoms with Crippen LogP contribution in [-0.2, 0) is 6.42 Å². The van der Waals surface area contributed by atoms with Gasteiger partial charge in [0, 0.05) is 17.8 Å². The molecule has 100 valence electrons. The Kier molecular flexibility index (Phi) is 4.02. The van der Waals surface area contributed by atoms with E-state index in [1.165, 1.54) is 6.39 Å². The molecular formula is C13H15N3O3. The van der Waals surface area contributed by atoms with E-state index in [-0.39, 0.29) is 0 Å². The van der Waals surface area contributed by atoms with Crippen LogP contribution in [0.2, 0.25) is 0 Å². The second-order valence-corrected chi connectivity index (χ2v) is 4.12. The second-order valence-electron chi connectivity index (χ2n) is 4.12. The molecular weight excluding hydrogens is 246 g/mol. The van der Waals surface area contributed by atoms with Gasteiger partial charge in [0.25, 0.3) is 0 Å². The molecule has 0 saturated carbocycles. The number of nitrogens with two attached hydrogens (primary N) is 1. The highest BCUT2D eigenvalue weighted by molar-refractivity contribution is 5.66. The van der Waals surface area contributed by atoms with Gasteiger partial charge in [-0.3, -0.25) is 0 Å². The van der Waals surface area contributed by atoms with Crippen molar-refractivity contribution < 1.29 is 14.3 Å². The number of aryl methyl sites for hydroxylation is 1. The Morgan fingerprint density at radius 3 is 3.00 bits per heavy atom. The van der Waals surface area contributed by atoms with Crippen LogP contribution in [0.5, 0.6) is 0 Å². The molecule has 6 nitrogen and oxygen atoms in total. The summed E-state index contributed by atoms with van der Waals surface area (Å²) in [6.45, 7) is 0.412. The fourth-order valence-electron chi connectivity index (χ4n) is 1.86. The van der Waals surface area contributed by atoms with Crippen LogP contribution in [-0.4, -0.2) is 22.7 Å². The molecule has 0 aliphatic rings. The fourth-order valence-corrected chi connectivity index (χ4v) is 1.86. The number of benzene rings is 1. The average Bonchev–Trinajstić information content (AvgIpc) is 2.89. The molecule has 0 radical (unpaired) electrons. The average molecular weight is 261 g/mol. The number of nitrogens with zero attached hydrogens (tertiary/aromatic N) is 1. The lowest BCUT2D eigenvalue weighted by Crippen LogP contribution is -2.22. The zero-order chi connectivity index (χ0) is 13.7. The van der Waals surface area contributed by atoms with Crippen molar-refractivity contribution in [3.63, 3.8) is 0 Å². The molecule has 0 atom stereocenters. The summed E-state index contributed by atoms with van der Waals surface area (Å²) >= 11 is 0. The highest BCUT2D eigenvalue weighted by Crippen LogP contribution is 2.26. The number of aromatic nitrogens is 1. The normalized spacial score (nSPS) is 10.3. The smallest absolute Gasteiger partial charge is 0.404 e. The van der Waals surface area contributed by atoms with Gasteiger partial charge in [0.1, 0.15) is 0 Å². The van der Waals surface area contributed by atoms with Gasteiger partial charge in [-0.25, -0.2) is 9.78 Å². The first-order valence-corrected chi connectivity index (χ1v) is 5.91. The third kappa shape index (κ3) is 3.48. The molecule has 0 unspecified atom stereocenters. The molecule has 0 aliphatic heterocycles. The SMILES string of the molecule is Nc1ccc(CCCNC(=O)O)c(-c2cnco2)c1. The van der Waals surface area contributed by atoms with Crippen LogP contribution in [0.1, 0.15) is 12.0 Å². The van der Waals surface area contributed by atoms with E-state index in [1.807, 2.05) is 18.2 Å². The van der Waals surface area contributed by atoms with Crippen molar-refractivity contribution >= 4 is 11.8 Å². The topological polar surface area (TPSA) is 101 Å². The lowest BCUT2D eigenvalue weighted by molar-refractivity contribution is 0.194. The number of carbonyl (C=O) groups is 1. The van der Waals surface area contributed by atoms with Gasteiger partial charge in [-0.1, -0.05) is 6.07 Å². The Labute approximate surface area is 110 Å². The summed E-state index contributed by atoms with van der Waals surface area (Å²) < 4.78 is 5.28. The minimum Gasteiger partial charge on any atom is -0.465 e. The van der Waals surface area contributed by atoms with Crippen molar-refractivity contribution in [2.24, 2.45) is 0 Å². The molecule has 1 amide bonds. The molecule has 1 heterocycles. The van der Waals surface area contributed by atoms with E-state index in [9.17, 15) is 4.79 Å². The lowest BCUT2D eigenvalue weighted by Gasteiger charge is -2.08. The van der Waals surface area contributed by atoms with Gasteiger partial charge < -0.3 is 20.6 Å². The summed E-state index contributed by atoms with van der Waals surface area (Å²) in [6.07, 6.45) is 3.43. The third-order valence-electron chi connectivity index (χ3n) is 2.73. The van der Waals surface area contributed by atoms with Crippen LogP contribution >= 0.6 is 0 Å². The molecule has 6 heteroatoms. The van der Waals surface area contributed by atoms with Gasteiger partial charge in [-0.15, -0.1) is 0 Å². The van der Waals surface area contributed by atoms with E-state index >= 15 is 0 Å². The van der Waals surface area contributed by atoms with E-state index in [0.29, 0.717) is 24.4 Å². The predicted octanol–water partition coefficient (Wildman–Crippen LogP) is 2.12. The Hall–Kier alpha value is -2.50. The molecule has 2 aromatic rings. The van der Waals surface area contributed by atoms with Crippen molar-refractivity contribution in [1.82, 2.24) is 10.3 Å².